The number of rotatable bonds is 29. The highest BCUT2D eigenvalue weighted by Gasteiger charge is 2.22. The third-order valence-corrected chi connectivity index (χ3v) is 8.98. The summed E-state index contributed by atoms with van der Waals surface area (Å²) in [5, 5.41) is 23.3. The molecule has 0 bridgehead atoms. The molecule has 2 aromatic carbocycles. The normalized spacial score (nSPS) is 12.3. The van der Waals surface area contributed by atoms with Crippen LogP contribution in [0.1, 0.15) is 109 Å². The molecule has 2 rings (SSSR count). The summed E-state index contributed by atoms with van der Waals surface area (Å²) >= 11 is 0. The van der Waals surface area contributed by atoms with Gasteiger partial charge in [0, 0.05) is 25.9 Å². The Morgan fingerprint density at radius 2 is 1.33 bits per heavy atom. The minimum absolute atomic E-state index is 0.0193. The molecule has 2 atom stereocenters. The number of hydrogen-bond acceptors (Lipinski definition) is 7. The molecule has 7 N–H and O–H groups in total. The maximum Gasteiger partial charge on any atom is 0.326 e. The highest BCUT2D eigenvalue weighted by atomic mass is 16.4. The smallest absolute Gasteiger partial charge is 0.326 e. The first kappa shape index (κ1) is 44.1. The van der Waals surface area contributed by atoms with Gasteiger partial charge in [0.2, 0.25) is 23.6 Å². The molecule has 12 heteroatoms. The molecule has 2 unspecified atom stereocenters. The van der Waals surface area contributed by atoms with Crippen molar-refractivity contribution >= 4 is 40.4 Å². The van der Waals surface area contributed by atoms with Crippen LogP contribution in [0, 0.1) is 0 Å². The van der Waals surface area contributed by atoms with Gasteiger partial charge in [0.05, 0.1) is 6.54 Å². The van der Waals surface area contributed by atoms with E-state index in [2.05, 4.69) is 70.3 Å². The molecule has 0 aliphatic rings. The Hall–Kier alpha value is -4.03. The highest BCUT2D eigenvalue weighted by Crippen LogP contribution is 2.17. The topological polar surface area (TPSA) is 183 Å². The number of aryl methyl sites for hydroxylation is 1. The van der Waals surface area contributed by atoms with Gasteiger partial charge in [0.1, 0.15) is 12.1 Å². The quantitative estimate of drug-likeness (QED) is 0.0666. The Morgan fingerprint density at radius 1 is 0.692 bits per heavy atom. The Bertz CT molecular complexity index is 1370. The van der Waals surface area contributed by atoms with Crippen LogP contribution < -0.4 is 27.0 Å². The van der Waals surface area contributed by atoms with E-state index in [1.807, 2.05) is 12.1 Å². The first-order chi connectivity index (χ1) is 25.2. The van der Waals surface area contributed by atoms with Crippen LogP contribution in [-0.4, -0.2) is 91.0 Å². The second kappa shape index (κ2) is 26.7. The first-order valence-electron chi connectivity index (χ1n) is 19.4. The van der Waals surface area contributed by atoms with Crippen molar-refractivity contribution in [2.75, 3.05) is 39.3 Å². The molecular formula is C40H64N6O6. The van der Waals surface area contributed by atoms with Crippen molar-refractivity contribution in [2.24, 2.45) is 5.73 Å². The lowest BCUT2D eigenvalue weighted by molar-refractivity contribution is -0.142. The molecule has 0 saturated heterocycles. The summed E-state index contributed by atoms with van der Waals surface area (Å²) in [5.74, 6) is -1.80. The minimum atomic E-state index is -1.08. The first-order valence-corrected chi connectivity index (χ1v) is 19.4. The van der Waals surface area contributed by atoms with Gasteiger partial charge in [-0.25, -0.2) is 4.79 Å². The molecule has 0 spiro atoms. The molecule has 4 amide bonds. The molecule has 0 radical (unpaired) electrons. The van der Waals surface area contributed by atoms with E-state index >= 15 is 0 Å². The number of amides is 4. The van der Waals surface area contributed by atoms with E-state index in [4.69, 9.17) is 5.73 Å². The van der Waals surface area contributed by atoms with Crippen LogP contribution in [0.5, 0.6) is 0 Å². The molecule has 0 aromatic heterocycles. The van der Waals surface area contributed by atoms with Crippen LogP contribution in [0.3, 0.4) is 0 Å². The molecule has 0 aliphatic heterocycles. The summed E-state index contributed by atoms with van der Waals surface area (Å²) in [6, 6.07) is 13.0. The van der Waals surface area contributed by atoms with Crippen molar-refractivity contribution in [2.45, 2.75) is 122 Å². The van der Waals surface area contributed by atoms with Gasteiger partial charge in [-0.3, -0.25) is 24.1 Å². The number of nitrogens with zero attached hydrogens (tertiary/aromatic N) is 1. The standard InChI is InChI=1S/C40H64N6O6/c1-3-27-46(28-4-2)30-38(49)44-34(18-9-11-24-41)39(50)43-26-12-5-6-20-37(48)45-35(40(51)52)19-10-13-25-42-36(47)21-14-15-31-22-23-32-16-7-8-17-33(32)29-31/h7-8,16-17,22-23,29,34-35H,3-6,9-15,18-21,24-28,30,41H2,1-2H3,(H,42,47)(H,43,50)(H,44,49)(H,45,48)(H,51,52). The predicted octanol–water partition coefficient (Wildman–Crippen LogP) is 4.43. The lowest BCUT2D eigenvalue weighted by Gasteiger charge is -2.23. The zero-order chi connectivity index (χ0) is 38.0. The molecule has 0 aliphatic carbocycles. The van der Waals surface area contributed by atoms with Gasteiger partial charge in [0.15, 0.2) is 0 Å². The van der Waals surface area contributed by atoms with Crippen LogP contribution in [0.15, 0.2) is 42.5 Å². The number of carboxylic acid groups (broad SMARTS) is 1. The number of hydrogen-bond donors (Lipinski definition) is 6. The number of aliphatic carboxylic acids is 1. The molecule has 0 saturated carbocycles. The summed E-state index contributed by atoms with van der Waals surface area (Å²) in [5.41, 5.74) is 6.83. The number of fused-ring (bicyclic) bond motifs is 1. The second-order valence-corrected chi connectivity index (χ2v) is 13.6. The number of carboxylic acids is 1. The van der Waals surface area contributed by atoms with Gasteiger partial charge in [-0.2, -0.15) is 0 Å². The third kappa shape index (κ3) is 19.0. The SMILES string of the molecule is CCCN(CCC)CC(=O)NC(CCCCN)C(=O)NCCCCCC(=O)NC(CCCCNC(=O)CCCc1ccc2ccccc2c1)C(=O)O. The Morgan fingerprint density at radius 3 is 2.04 bits per heavy atom. The average Bonchev–Trinajstić information content (AvgIpc) is 3.12. The third-order valence-electron chi connectivity index (χ3n) is 8.98. The van der Waals surface area contributed by atoms with E-state index < -0.39 is 18.1 Å². The van der Waals surface area contributed by atoms with Crippen molar-refractivity contribution in [1.29, 1.82) is 0 Å². The Labute approximate surface area is 310 Å². The van der Waals surface area contributed by atoms with Crippen LogP contribution in [0.4, 0.5) is 0 Å². The van der Waals surface area contributed by atoms with Crippen molar-refractivity contribution in [1.82, 2.24) is 26.2 Å². The van der Waals surface area contributed by atoms with E-state index in [0.29, 0.717) is 64.6 Å². The fourth-order valence-electron chi connectivity index (χ4n) is 6.19. The number of carbonyl (C=O) groups is 5. The summed E-state index contributed by atoms with van der Waals surface area (Å²) in [4.78, 5) is 64.2. The van der Waals surface area contributed by atoms with E-state index in [9.17, 15) is 29.1 Å². The number of nitrogens with one attached hydrogen (secondary N) is 4. The highest BCUT2D eigenvalue weighted by molar-refractivity contribution is 5.88. The summed E-state index contributed by atoms with van der Waals surface area (Å²) in [6.45, 7) is 7.48. The van der Waals surface area contributed by atoms with Crippen LogP contribution in [0.2, 0.25) is 0 Å². The second-order valence-electron chi connectivity index (χ2n) is 13.6. The lowest BCUT2D eigenvalue weighted by atomic mass is 10.0. The monoisotopic (exact) mass is 724 g/mol. The van der Waals surface area contributed by atoms with Gasteiger partial charge in [-0.15, -0.1) is 0 Å². The molecule has 12 nitrogen and oxygen atoms in total. The number of benzene rings is 2. The molecule has 290 valence electrons. The van der Waals surface area contributed by atoms with Gasteiger partial charge >= 0.3 is 5.97 Å². The van der Waals surface area contributed by atoms with Crippen LogP contribution >= 0.6 is 0 Å². The number of nitrogens with two attached hydrogens (primary N) is 1. The fraction of sp³-hybridized carbons (Fsp3) is 0.625. The van der Waals surface area contributed by atoms with E-state index in [-0.39, 0.29) is 43.0 Å². The van der Waals surface area contributed by atoms with Gasteiger partial charge in [-0.05, 0) is 113 Å². The maximum atomic E-state index is 12.9. The molecular weight excluding hydrogens is 660 g/mol. The van der Waals surface area contributed by atoms with E-state index in [1.165, 1.54) is 16.3 Å². The van der Waals surface area contributed by atoms with E-state index in [0.717, 1.165) is 51.6 Å². The van der Waals surface area contributed by atoms with Crippen molar-refractivity contribution in [3.8, 4) is 0 Å². The molecule has 52 heavy (non-hydrogen) atoms. The van der Waals surface area contributed by atoms with Gasteiger partial charge in [-0.1, -0.05) is 62.7 Å². The fourth-order valence-corrected chi connectivity index (χ4v) is 6.19. The Balaban J connectivity index is 1.59. The maximum absolute atomic E-state index is 12.9. The van der Waals surface area contributed by atoms with Crippen molar-refractivity contribution < 1.29 is 29.1 Å². The minimum Gasteiger partial charge on any atom is -0.480 e. The Kier molecular flexibility index (Phi) is 22.7. The predicted molar refractivity (Wildman–Crippen MR) is 207 cm³/mol. The zero-order valence-electron chi connectivity index (χ0n) is 31.6. The van der Waals surface area contributed by atoms with Crippen LogP contribution in [0.25, 0.3) is 10.8 Å². The number of carbonyl (C=O) groups excluding carboxylic acids is 4. The largest absolute Gasteiger partial charge is 0.480 e. The summed E-state index contributed by atoms with van der Waals surface area (Å²) in [6.07, 6.45) is 9.47. The summed E-state index contributed by atoms with van der Waals surface area (Å²) < 4.78 is 0. The van der Waals surface area contributed by atoms with Crippen molar-refractivity contribution in [3.63, 3.8) is 0 Å². The molecule has 2 aromatic rings. The van der Waals surface area contributed by atoms with Gasteiger partial charge < -0.3 is 32.1 Å². The average molecular weight is 725 g/mol. The van der Waals surface area contributed by atoms with Crippen LogP contribution in [-0.2, 0) is 30.4 Å². The zero-order valence-corrected chi connectivity index (χ0v) is 31.6. The van der Waals surface area contributed by atoms with E-state index in [1.54, 1.807) is 0 Å². The van der Waals surface area contributed by atoms with Crippen molar-refractivity contribution in [3.05, 3.63) is 48.0 Å². The lowest BCUT2D eigenvalue weighted by Crippen LogP contribution is -2.49. The number of unbranched alkanes of at least 4 members (excludes halogenated alkanes) is 4. The van der Waals surface area contributed by atoms with Gasteiger partial charge in [0.25, 0.3) is 0 Å². The summed E-state index contributed by atoms with van der Waals surface area (Å²) in [7, 11) is 0. The molecule has 0 fully saturated rings. The molecule has 0 heterocycles.